The van der Waals surface area contributed by atoms with Gasteiger partial charge in [-0.1, -0.05) is 12.1 Å². The molecule has 0 unspecified atom stereocenters. The van der Waals surface area contributed by atoms with Gasteiger partial charge in [-0.2, -0.15) is 0 Å². The molecule has 2 aromatic rings. The number of carbonyl (C=O) groups excluding carboxylic acids is 2. The third-order valence-electron chi connectivity index (χ3n) is 3.23. The standard InChI is InChI=1S/C18H19NO3S/c1-13(20)14-7-9-15(10-8-14)19-18(21)11-12-23-17-6-4-3-5-16(17)22-2/h3-10H,11-12H2,1-2H3,(H,19,21). The number of amides is 1. The Morgan fingerprint density at radius 2 is 1.78 bits per heavy atom. The summed E-state index contributed by atoms with van der Waals surface area (Å²) >= 11 is 1.59. The van der Waals surface area contributed by atoms with E-state index in [0.717, 1.165) is 10.6 Å². The van der Waals surface area contributed by atoms with Crippen LogP contribution in [0.5, 0.6) is 5.75 Å². The number of ketones is 1. The highest BCUT2D eigenvalue weighted by Crippen LogP contribution is 2.29. The number of nitrogens with one attached hydrogen (secondary N) is 1. The van der Waals surface area contributed by atoms with E-state index in [9.17, 15) is 9.59 Å². The zero-order valence-corrected chi connectivity index (χ0v) is 14.0. The summed E-state index contributed by atoms with van der Waals surface area (Å²) in [5, 5.41) is 2.83. The van der Waals surface area contributed by atoms with Gasteiger partial charge < -0.3 is 10.1 Å². The molecule has 2 rings (SSSR count). The van der Waals surface area contributed by atoms with Crippen molar-refractivity contribution in [2.24, 2.45) is 0 Å². The minimum absolute atomic E-state index is 0.0103. The Balaban J connectivity index is 1.82. The van der Waals surface area contributed by atoms with E-state index in [4.69, 9.17) is 4.74 Å². The zero-order valence-electron chi connectivity index (χ0n) is 13.2. The van der Waals surface area contributed by atoms with Crippen LogP contribution in [-0.2, 0) is 4.79 Å². The molecule has 0 bridgehead atoms. The Morgan fingerprint density at radius 3 is 2.43 bits per heavy atom. The van der Waals surface area contributed by atoms with Gasteiger partial charge in [-0.15, -0.1) is 11.8 Å². The predicted molar refractivity (Wildman–Crippen MR) is 93.4 cm³/mol. The first-order valence-corrected chi connectivity index (χ1v) is 8.25. The van der Waals surface area contributed by atoms with Gasteiger partial charge in [-0.05, 0) is 43.3 Å². The maximum absolute atomic E-state index is 12.0. The molecule has 5 heteroatoms. The van der Waals surface area contributed by atoms with E-state index < -0.39 is 0 Å². The van der Waals surface area contributed by atoms with Gasteiger partial charge in [-0.25, -0.2) is 0 Å². The molecule has 0 fully saturated rings. The number of Topliss-reactive ketones (excluding diaryl/α,β-unsaturated/α-hetero) is 1. The second kappa shape index (κ2) is 8.39. The molecule has 120 valence electrons. The van der Waals surface area contributed by atoms with Crippen molar-refractivity contribution in [1.29, 1.82) is 0 Å². The maximum atomic E-state index is 12.0. The summed E-state index contributed by atoms with van der Waals surface area (Å²) in [5.41, 5.74) is 1.33. The lowest BCUT2D eigenvalue weighted by Crippen LogP contribution is -2.12. The van der Waals surface area contributed by atoms with Crippen molar-refractivity contribution in [3.05, 3.63) is 54.1 Å². The Bertz CT molecular complexity index is 683. The van der Waals surface area contributed by atoms with Crippen LogP contribution >= 0.6 is 11.8 Å². The molecule has 4 nitrogen and oxygen atoms in total. The number of hydrogen-bond donors (Lipinski definition) is 1. The van der Waals surface area contributed by atoms with Crippen LogP contribution < -0.4 is 10.1 Å². The van der Waals surface area contributed by atoms with E-state index in [1.54, 1.807) is 43.1 Å². The van der Waals surface area contributed by atoms with E-state index >= 15 is 0 Å². The van der Waals surface area contributed by atoms with Crippen LogP contribution in [0.4, 0.5) is 5.69 Å². The first-order valence-electron chi connectivity index (χ1n) is 7.27. The molecule has 0 aliphatic carbocycles. The molecule has 1 N–H and O–H groups in total. The highest BCUT2D eigenvalue weighted by Gasteiger charge is 2.06. The van der Waals surface area contributed by atoms with Crippen LogP contribution in [0.3, 0.4) is 0 Å². The normalized spacial score (nSPS) is 10.2. The fourth-order valence-corrected chi connectivity index (χ4v) is 2.98. The van der Waals surface area contributed by atoms with Crippen molar-refractivity contribution in [3.63, 3.8) is 0 Å². The minimum atomic E-state index is -0.0528. The van der Waals surface area contributed by atoms with Crippen LogP contribution in [0.2, 0.25) is 0 Å². The maximum Gasteiger partial charge on any atom is 0.225 e. The molecule has 0 radical (unpaired) electrons. The van der Waals surface area contributed by atoms with Gasteiger partial charge in [0.15, 0.2) is 5.78 Å². The minimum Gasteiger partial charge on any atom is -0.496 e. The summed E-state index contributed by atoms with van der Waals surface area (Å²) in [6.07, 6.45) is 0.400. The summed E-state index contributed by atoms with van der Waals surface area (Å²) in [6, 6.07) is 14.6. The average molecular weight is 329 g/mol. The molecule has 2 aromatic carbocycles. The van der Waals surface area contributed by atoms with E-state index in [0.29, 0.717) is 23.4 Å². The van der Waals surface area contributed by atoms with Crippen molar-refractivity contribution < 1.29 is 14.3 Å². The fourth-order valence-electron chi connectivity index (χ4n) is 2.00. The predicted octanol–water partition coefficient (Wildman–Crippen LogP) is 4.02. The number of rotatable bonds is 7. The van der Waals surface area contributed by atoms with Crippen molar-refractivity contribution in [2.45, 2.75) is 18.2 Å². The summed E-state index contributed by atoms with van der Waals surface area (Å²) in [6.45, 7) is 1.52. The number of anilines is 1. The summed E-state index contributed by atoms with van der Waals surface area (Å²) < 4.78 is 5.28. The Kier molecular flexibility index (Phi) is 6.23. The average Bonchev–Trinajstić information content (AvgIpc) is 2.55. The molecule has 0 aromatic heterocycles. The second-order valence-electron chi connectivity index (χ2n) is 4.93. The van der Waals surface area contributed by atoms with Crippen molar-refractivity contribution in [3.8, 4) is 5.75 Å². The van der Waals surface area contributed by atoms with Crippen molar-refractivity contribution >= 4 is 29.1 Å². The third-order valence-corrected chi connectivity index (χ3v) is 4.29. The monoisotopic (exact) mass is 329 g/mol. The Hall–Kier alpha value is -2.27. The molecule has 0 aliphatic rings. The van der Waals surface area contributed by atoms with E-state index in [-0.39, 0.29) is 11.7 Å². The first-order chi connectivity index (χ1) is 11.1. The van der Waals surface area contributed by atoms with Gasteiger partial charge in [0, 0.05) is 28.3 Å². The van der Waals surface area contributed by atoms with E-state index in [2.05, 4.69) is 5.32 Å². The molecular formula is C18H19NO3S. The highest BCUT2D eigenvalue weighted by molar-refractivity contribution is 7.99. The Morgan fingerprint density at radius 1 is 1.09 bits per heavy atom. The van der Waals surface area contributed by atoms with Gasteiger partial charge in [0.25, 0.3) is 0 Å². The Labute approximate surface area is 140 Å². The number of hydrogen-bond acceptors (Lipinski definition) is 4. The number of benzene rings is 2. The van der Waals surface area contributed by atoms with E-state index in [1.165, 1.54) is 6.92 Å². The first kappa shape index (κ1) is 17.1. The fraction of sp³-hybridized carbons (Fsp3) is 0.222. The van der Waals surface area contributed by atoms with Crippen LogP contribution in [0.15, 0.2) is 53.4 Å². The largest absolute Gasteiger partial charge is 0.496 e. The number of carbonyl (C=O) groups is 2. The second-order valence-corrected chi connectivity index (χ2v) is 6.07. The summed E-state index contributed by atoms with van der Waals surface area (Å²) in [4.78, 5) is 24.2. The summed E-state index contributed by atoms with van der Waals surface area (Å²) in [5.74, 6) is 1.44. The number of para-hydroxylation sites is 1. The number of ether oxygens (including phenoxy) is 1. The number of thioether (sulfide) groups is 1. The topological polar surface area (TPSA) is 55.4 Å². The third kappa shape index (κ3) is 5.14. The van der Waals surface area contributed by atoms with Gasteiger partial charge in [0.2, 0.25) is 5.91 Å². The molecule has 0 saturated carbocycles. The SMILES string of the molecule is COc1ccccc1SCCC(=O)Nc1ccc(C(C)=O)cc1. The van der Waals surface area contributed by atoms with Gasteiger partial charge >= 0.3 is 0 Å². The lowest BCUT2D eigenvalue weighted by Gasteiger charge is -2.08. The summed E-state index contributed by atoms with van der Waals surface area (Å²) in [7, 11) is 1.64. The molecule has 0 aliphatic heterocycles. The lowest BCUT2D eigenvalue weighted by atomic mass is 10.1. The smallest absolute Gasteiger partial charge is 0.225 e. The van der Waals surface area contributed by atoms with Gasteiger partial charge in [0.1, 0.15) is 5.75 Å². The number of methoxy groups -OCH3 is 1. The molecule has 0 heterocycles. The molecular weight excluding hydrogens is 310 g/mol. The van der Waals surface area contributed by atoms with Crippen LogP contribution in [0, 0.1) is 0 Å². The lowest BCUT2D eigenvalue weighted by molar-refractivity contribution is -0.115. The van der Waals surface area contributed by atoms with Gasteiger partial charge in [0.05, 0.1) is 7.11 Å². The molecule has 23 heavy (non-hydrogen) atoms. The van der Waals surface area contributed by atoms with E-state index in [1.807, 2.05) is 24.3 Å². The quantitative estimate of drug-likeness (QED) is 0.616. The zero-order chi connectivity index (χ0) is 16.7. The molecule has 0 atom stereocenters. The van der Waals surface area contributed by atoms with Gasteiger partial charge in [-0.3, -0.25) is 9.59 Å². The molecule has 0 saturated heterocycles. The van der Waals surface area contributed by atoms with Crippen LogP contribution in [-0.4, -0.2) is 24.6 Å². The van der Waals surface area contributed by atoms with Crippen molar-refractivity contribution in [2.75, 3.05) is 18.2 Å². The van der Waals surface area contributed by atoms with Crippen LogP contribution in [0.1, 0.15) is 23.7 Å². The molecule has 0 spiro atoms. The molecule has 1 amide bonds. The van der Waals surface area contributed by atoms with Crippen LogP contribution in [0.25, 0.3) is 0 Å². The highest BCUT2D eigenvalue weighted by atomic mass is 32.2. The van der Waals surface area contributed by atoms with Crippen molar-refractivity contribution in [1.82, 2.24) is 0 Å².